The van der Waals surface area contributed by atoms with Crippen LogP contribution < -0.4 is 5.32 Å². The standard InChI is InChI=1S/C21H26N6O4S/c1-26-7-4-20(25-26)24-21(28)17(10-14-5-8-31-9-6-14)27-18-12-22-13-19(16(18)11-23-27)32(29,30)15-2-3-15/h4,7,11-15,17H,2-3,5-6,8-10H2,1H3,(H,24,25,28)/t17-/m0/s1. The third-order valence-electron chi connectivity index (χ3n) is 6.22. The zero-order chi connectivity index (χ0) is 22.3. The molecule has 0 bridgehead atoms. The minimum atomic E-state index is -3.44. The van der Waals surface area contributed by atoms with E-state index in [1.165, 1.54) is 12.4 Å². The maximum atomic E-state index is 13.3. The second-order valence-corrected chi connectivity index (χ2v) is 10.8. The molecule has 1 saturated heterocycles. The fraction of sp³-hybridized carbons (Fsp3) is 0.524. The van der Waals surface area contributed by atoms with Crippen LogP contribution in [0.2, 0.25) is 0 Å². The van der Waals surface area contributed by atoms with Gasteiger partial charge in [0.25, 0.3) is 0 Å². The molecule has 1 amide bonds. The molecule has 2 aliphatic rings. The van der Waals surface area contributed by atoms with Gasteiger partial charge in [0.1, 0.15) is 6.04 Å². The number of hydrogen-bond acceptors (Lipinski definition) is 7. The predicted molar refractivity (Wildman–Crippen MR) is 117 cm³/mol. The van der Waals surface area contributed by atoms with Gasteiger partial charge in [-0.2, -0.15) is 10.2 Å². The number of aryl methyl sites for hydroxylation is 1. The van der Waals surface area contributed by atoms with Gasteiger partial charge in [-0.1, -0.05) is 0 Å². The minimum Gasteiger partial charge on any atom is -0.381 e. The first kappa shape index (κ1) is 21.1. The number of ether oxygens (including phenoxy) is 1. The quantitative estimate of drug-likeness (QED) is 0.575. The second-order valence-electron chi connectivity index (χ2n) is 8.58. The van der Waals surface area contributed by atoms with E-state index >= 15 is 0 Å². The van der Waals surface area contributed by atoms with Gasteiger partial charge in [-0.25, -0.2) is 8.42 Å². The lowest BCUT2D eigenvalue weighted by molar-refractivity contribution is -0.120. The summed E-state index contributed by atoms with van der Waals surface area (Å²) in [5, 5.41) is 11.8. The molecule has 1 N–H and O–H groups in total. The first-order valence-electron chi connectivity index (χ1n) is 10.9. The fourth-order valence-electron chi connectivity index (χ4n) is 4.28. The van der Waals surface area contributed by atoms with Gasteiger partial charge < -0.3 is 10.1 Å². The van der Waals surface area contributed by atoms with Gasteiger partial charge in [-0.3, -0.25) is 19.1 Å². The van der Waals surface area contributed by atoms with Gasteiger partial charge in [0.05, 0.1) is 28.1 Å². The van der Waals surface area contributed by atoms with E-state index in [4.69, 9.17) is 4.74 Å². The number of nitrogens with one attached hydrogen (secondary N) is 1. The number of nitrogens with zero attached hydrogens (tertiary/aromatic N) is 5. The number of carbonyl (C=O) groups excluding carboxylic acids is 1. The number of anilines is 1. The van der Waals surface area contributed by atoms with Crippen LogP contribution in [0, 0.1) is 5.92 Å². The molecule has 1 saturated carbocycles. The van der Waals surface area contributed by atoms with E-state index in [9.17, 15) is 13.2 Å². The molecule has 10 nitrogen and oxygen atoms in total. The van der Waals surface area contributed by atoms with Crippen LogP contribution >= 0.6 is 0 Å². The van der Waals surface area contributed by atoms with Crippen molar-refractivity contribution in [3.63, 3.8) is 0 Å². The van der Waals surface area contributed by atoms with Crippen LogP contribution in [0.4, 0.5) is 5.82 Å². The molecule has 11 heteroatoms. The van der Waals surface area contributed by atoms with Crippen LogP contribution in [-0.2, 0) is 26.4 Å². The first-order valence-corrected chi connectivity index (χ1v) is 12.4. The fourth-order valence-corrected chi connectivity index (χ4v) is 6.06. The molecule has 0 unspecified atom stereocenters. The molecular weight excluding hydrogens is 432 g/mol. The van der Waals surface area contributed by atoms with Crippen molar-refractivity contribution in [2.24, 2.45) is 13.0 Å². The van der Waals surface area contributed by atoms with Gasteiger partial charge in [-0.15, -0.1) is 0 Å². The molecule has 4 heterocycles. The molecule has 1 aliphatic carbocycles. The van der Waals surface area contributed by atoms with Crippen LogP contribution in [0.5, 0.6) is 0 Å². The largest absolute Gasteiger partial charge is 0.381 e. The minimum absolute atomic E-state index is 0.193. The SMILES string of the molecule is Cn1ccc(NC(=O)[C@H](CC2CCOCC2)n2ncc3c(S(=O)(=O)C4CC4)cncc32)n1. The Hall–Kier alpha value is -2.79. The van der Waals surface area contributed by atoms with Crippen molar-refractivity contribution in [3.8, 4) is 0 Å². The van der Waals surface area contributed by atoms with E-state index < -0.39 is 15.9 Å². The van der Waals surface area contributed by atoms with Crippen molar-refractivity contribution in [3.05, 3.63) is 30.9 Å². The Bertz CT molecular complexity index is 1240. The maximum absolute atomic E-state index is 13.3. The van der Waals surface area contributed by atoms with Crippen molar-refractivity contribution in [2.45, 2.75) is 48.3 Å². The zero-order valence-electron chi connectivity index (χ0n) is 17.8. The Morgan fingerprint density at radius 3 is 2.69 bits per heavy atom. The van der Waals surface area contributed by atoms with Crippen molar-refractivity contribution in [1.29, 1.82) is 0 Å². The summed E-state index contributed by atoms with van der Waals surface area (Å²) in [5.41, 5.74) is 0.542. The van der Waals surface area contributed by atoms with Crippen LogP contribution in [0.15, 0.2) is 35.7 Å². The van der Waals surface area contributed by atoms with Gasteiger partial charge in [-0.05, 0) is 38.0 Å². The Kier molecular flexibility index (Phi) is 5.46. The highest BCUT2D eigenvalue weighted by Gasteiger charge is 2.39. The molecule has 0 aromatic carbocycles. The van der Waals surface area contributed by atoms with Crippen molar-refractivity contribution in [2.75, 3.05) is 18.5 Å². The predicted octanol–water partition coefficient (Wildman–Crippen LogP) is 2.10. The molecule has 2 fully saturated rings. The summed E-state index contributed by atoms with van der Waals surface area (Å²) in [6.07, 6.45) is 9.92. The Labute approximate surface area is 185 Å². The normalized spacial score (nSPS) is 18.7. The lowest BCUT2D eigenvalue weighted by Gasteiger charge is -2.26. The van der Waals surface area contributed by atoms with E-state index in [0.717, 1.165) is 12.8 Å². The molecule has 3 aromatic heterocycles. The molecular formula is C21H26N6O4S. The summed E-state index contributed by atoms with van der Waals surface area (Å²) in [4.78, 5) is 17.7. The highest BCUT2D eigenvalue weighted by atomic mass is 32.2. The smallest absolute Gasteiger partial charge is 0.250 e. The number of amides is 1. The average molecular weight is 459 g/mol. The Morgan fingerprint density at radius 2 is 2.00 bits per heavy atom. The molecule has 1 atom stereocenters. The highest BCUT2D eigenvalue weighted by molar-refractivity contribution is 7.92. The molecule has 170 valence electrons. The lowest BCUT2D eigenvalue weighted by atomic mass is 9.92. The third kappa shape index (κ3) is 4.02. The number of sulfone groups is 1. The number of fused-ring (bicyclic) bond motifs is 1. The summed E-state index contributed by atoms with van der Waals surface area (Å²) in [6, 6.07) is 1.10. The monoisotopic (exact) mass is 458 g/mol. The molecule has 3 aromatic rings. The average Bonchev–Trinajstić information content (AvgIpc) is 3.46. The zero-order valence-corrected chi connectivity index (χ0v) is 18.7. The summed E-state index contributed by atoms with van der Waals surface area (Å²) < 4.78 is 34.5. The molecule has 1 aliphatic heterocycles. The molecule has 32 heavy (non-hydrogen) atoms. The van der Waals surface area contributed by atoms with Crippen molar-refractivity contribution >= 4 is 32.5 Å². The number of pyridine rings is 1. The summed E-state index contributed by atoms with van der Waals surface area (Å²) >= 11 is 0. The van der Waals surface area contributed by atoms with E-state index in [0.29, 0.717) is 55.1 Å². The maximum Gasteiger partial charge on any atom is 0.250 e. The van der Waals surface area contributed by atoms with E-state index in [1.807, 2.05) is 0 Å². The van der Waals surface area contributed by atoms with Crippen LogP contribution in [-0.4, -0.2) is 57.3 Å². The summed E-state index contributed by atoms with van der Waals surface area (Å²) in [5.74, 6) is 0.519. The van der Waals surface area contributed by atoms with Gasteiger partial charge >= 0.3 is 0 Å². The van der Waals surface area contributed by atoms with Crippen LogP contribution in [0.25, 0.3) is 10.9 Å². The van der Waals surface area contributed by atoms with E-state index in [2.05, 4.69) is 20.5 Å². The van der Waals surface area contributed by atoms with E-state index in [-0.39, 0.29) is 16.1 Å². The number of aromatic nitrogens is 5. The number of rotatable bonds is 7. The lowest BCUT2D eigenvalue weighted by Crippen LogP contribution is -2.30. The Balaban J connectivity index is 1.52. The summed E-state index contributed by atoms with van der Waals surface area (Å²) in [7, 11) is -1.66. The second kappa shape index (κ2) is 8.28. The van der Waals surface area contributed by atoms with Gasteiger partial charge in [0.15, 0.2) is 15.7 Å². The molecule has 0 spiro atoms. The molecule has 0 radical (unpaired) electrons. The Morgan fingerprint density at radius 1 is 1.22 bits per heavy atom. The number of hydrogen-bond donors (Lipinski definition) is 1. The topological polar surface area (TPSA) is 121 Å². The highest BCUT2D eigenvalue weighted by Crippen LogP contribution is 2.37. The molecule has 5 rings (SSSR count). The third-order valence-corrected chi connectivity index (χ3v) is 8.51. The number of carbonyl (C=O) groups is 1. The van der Waals surface area contributed by atoms with Crippen LogP contribution in [0.3, 0.4) is 0 Å². The van der Waals surface area contributed by atoms with Crippen molar-refractivity contribution in [1.82, 2.24) is 24.5 Å². The van der Waals surface area contributed by atoms with E-state index in [1.54, 1.807) is 34.9 Å². The first-order chi connectivity index (χ1) is 15.4. The van der Waals surface area contributed by atoms with Crippen molar-refractivity contribution < 1.29 is 17.9 Å². The van der Waals surface area contributed by atoms with Gasteiger partial charge in [0.2, 0.25) is 5.91 Å². The van der Waals surface area contributed by atoms with Crippen LogP contribution in [0.1, 0.15) is 38.1 Å². The van der Waals surface area contributed by atoms with Gasteiger partial charge in [0, 0.05) is 44.1 Å². The summed E-state index contributed by atoms with van der Waals surface area (Å²) in [6.45, 7) is 1.34.